The largest absolute Gasteiger partial charge is 0.347 e. The fourth-order valence-electron chi connectivity index (χ4n) is 4.65. The molecule has 25 heavy (non-hydrogen) atoms. The Bertz CT molecular complexity index is 693. The van der Waals surface area contributed by atoms with Crippen molar-refractivity contribution >= 4 is 22.7 Å². The van der Waals surface area contributed by atoms with Gasteiger partial charge >= 0.3 is 0 Å². The number of aromatic nitrogens is 1. The number of benzene rings is 1. The van der Waals surface area contributed by atoms with E-state index in [0.717, 1.165) is 11.8 Å². The maximum atomic E-state index is 2.68. The summed E-state index contributed by atoms with van der Waals surface area (Å²) in [4.78, 5) is 2.68. The Hall–Kier alpha value is -0.930. The predicted molar refractivity (Wildman–Crippen MR) is 110 cm³/mol. The minimum Gasteiger partial charge on any atom is -0.347 e. The molecule has 1 aromatic carbocycles. The van der Waals surface area contributed by atoms with E-state index < -0.39 is 0 Å². The Morgan fingerprint density at radius 1 is 0.960 bits per heavy atom. The number of para-hydroxylation sites is 1. The van der Waals surface area contributed by atoms with Crippen LogP contribution in [0.4, 0.5) is 0 Å². The van der Waals surface area contributed by atoms with Crippen molar-refractivity contribution in [3.8, 4) is 0 Å². The molecule has 1 aromatic heterocycles. The maximum absolute atomic E-state index is 2.68. The molecule has 0 unspecified atom stereocenters. The molecule has 0 atom stereocenters. The van der Waals surface area contributed by atoms with E-state index in [2.05, 4.69) is 52.5 Å². The molecule has 136 valence electrons. The molecule has 1 saturated carbocycles. The molecule has 4 rings (SSSR count). The van der Waals surface area contributed by atoms with Crippen LogP contribution in [0.3, 0.4) is 0 Å². The van der Waals surface area contributed by atoms with Crippen LogP contribution in [0.1, 0.15) is 62.6 Å². The number of nitrogens with zero attached hydrogens (tertiary/aromatic N) is 2. The van der Waals surface area contributed by atoms with E-state index in [1.165, 1.54) is 81.1 Å². The first-order valence-corrected chi connectivity index (χ1v) is 11.3. The summed E-state index contributed by atoms with van der Waals surface area (Å²) in [6.45, 7) is 3.69. The van der Waals surface area contributed by atoms with Gasteiger partial charge in [0.05, 0.1) is 0 Å². The topological polar surface area (TPSA) is 8.17 Å². The summed E-state index contributed by atoms with van der Waals surface area (Å²) in [5.74, 6) is 1.18. The summed E-state index contributed by atoms with van der Waals surface area (Å²) in [5, 5.41) is 2.37. The summed E-state index contributed by atoms with van der Waals surface area (Å²) in [6, 6.07) is 9.03. The molecular formula is C22H32N2S. The lowest BCUT2D eigenvalue weighted by Crippen LogP contribution is -2.29. The molecule has 0 amide bonds. The van der Waals surface area contributed by atoms with E-state index in [9.17, 15) is 0 Å². The predicted octanol–water partition coefficient (Wildman–Crippen LogP) is 5.73. The quantitative estimate of drug-likeness (QED) is 0.676. The lowest BCUT2D eigenvalue weighted by Gasteiger charge is -2.27. The number of hydrogen-bond donors (Lipinski definition) is 0. The van der Waals surface area contributed by atoms with Crippen LogP contribution in [0.2, 0.25) is 0 Å². The van der Waals surface area contributed by atoms with E-state index in [-0.39, 0.29) is 0 Å². The second-order valence-electron chi connectivity index (χ2n) is 7.91. The third-order valence-electron chi connectivity index (χ3n) is 6.18. The van der Waals surface area contributed by atoms with Crippen molar-refractivity contribution in [1.82, 2.24) is 9.47 Å². The van der Waals surface area contributed by atoms with E-state index in [0.29, 0.717) is 0 Å². The van der Waals surface area contributed by atoms with Crippen molar-refractivity contribution in [3.63, 3.8) is 0 Å². The molecular weight excluding hydrogens is 324 g/mol. The molecule has 2 aromatic rings. The Morgan fingerprint density at radius 3 is 2.48 bits per heavy atom. The lowest BCUT2D eigenvalue weighted by molar-refractivity contribution is 0.221. The fraction of sp³-hybridized carbons (Fsp3) is 0.636. The zero-order valence-corrected chi connectivity index (χ0v) is 16.5. The van der Waals surface area contributed by atoms with Crippen LogP contribution < -0.4 is 0 Å². The van der Waals surface area contributed by atoms with Gasteiger partial charge in [-0.1, -0.05) is 43.9 Å². The molecule has 2 aliphatic rings. The highest BCUT2D eigenvalue weighted by atomic mass is 32.2. The second-order valence-corrected chi connectivity index (χ2v) is 9.20. The lowest BCUT2D eigenvalue weighted by atomic mass is 10.0. The minimum absolute atomic E-state index is 0.884. The number of likely N-dealkylation sites (tertiary alicyclic amines) is 1. The van der Waals surface area contributed by atoms with Crippen molar-refractivity contribution in [3.05, 3.63) is 35.5 Å². The summed E-state index contributed by atoms with van der Waals surface area (Å²) >= 11 is 2.22. The first-order valence-electron chi connectivity index (χ1n) is 10.2. The van der Waals surface area contributed by atoms with Crippen molar-refractivity contribution < 1.29 is 0 Å². The number of hydrogen-bond acceptors (Lipinski definition) is 2. The van der Waals surface area contributed by atoms with Crippen molar-refractivity contribution in [2.24, 2.45) is 7.05 Å². The van der Waals surface area contributed by atoms with Gasteiger partial charge in [-0.3, -0.25) is 4.90 Å². The van der Waals surface area contributed by atoms with Gasteiger partial charge in [0.25, 0.3) is 0 Å². The van der Waals surface area contributed by atoms with Crippen LogP contribution in [0.25, 0.3) is 10.9 Å². The van der Waals surface area contributed by atoms with Gasteiger partial charge < -0.3 is 4.57 Å². The highest BCUT2D eigenvalue weighted by Gasteiger charge is 2.21. The summed E-state index contributed by atoms with van der Waals surface area (Å²) < 4.78 is 2.48. The normalized spacial score (nSPS) is 20.4. The highest BCUT2D eigenvalue weighted by molar-refractivity contribution is 7.99. The number of rotatable bonds is 5. The molecule has 1 saturated heterocycles. The Balaban J connectivity index is 1.58. The van der Waals surface area contributed by atoms with E-state index in [1.807, 2.05) is 0 Å². The van der Waals surface area contributed by atoms with Gasteiger partial charge in [-0.2, -0.15) is 11.8 Å². The van der Waals surface area contributed by atoms with Gasteiger partial charge in [-0.05, 0) is 50.4 Å². The average Bonchev–Trinajstić information content (AvgIpc) is 2.94. The van der Waals surface area contributed by atoms with Crippen molar-refractivity contribution in [2.75, 3.05) is 13.1 Å². The van der Waals surface area contributed by atoms with Crippen molar-refractivity contribution in [2.45, 2.75) is 68.9 Å². The molecule has 2 nitrogen and oxygen atoms in total. The SMILES string of the molecule is Cn1c(CSC2CCCCC2)c(CN2CCCCC2)c2ccccc21. The van der Waals surface area contributed by atoms with Crippen molar-refractivity contribution in [1.29, 1.82) is 0 Å². The molecule has 2 fully saturated rings. The number of aryl methyl sites for hydroxylation is 1. The summed E-state index contributed by atoms with van der Waals surface area (Å²) in [6.07, 6.45) is 11.3. The first-order chi connectivity index (χ1) is 12.3. The van der Waals surface area contributed by atoms with Crippen LogP contribution in [0.5, 0.6) is 0 Å². The zero-order chi connectivity index (χ0) is 17.1. The first kappa shape index (κ1) is 17.5. The van der Waals surface area contributed by atoms with E-state index in [4.69, 9.17) is 0 Å². The van der Waals surface area contributed by atoms with Gasteiger partial charge in [-0.25, -0.2) is 0 Å². The molecule has 1 aliphatic carbocycles. The number of piperidine rings is 1. The Morgan fingerprint density at radius 2 is 1.68 bits per heavy atom. The van der Waals surface area contributed by atoms with Gasteiger partial charge in [0.2, 0.25) is 0 Å². The highest BCUT2D eigenvalue weighted by Crippen LogP contribution is 2.34. The van der Waals surface area contributed by atoms with Crippen LogP contribution >= 0.6 is 11.8 Å². The van der Waals surface area contributed by atoms with Crippen LogP contribution in [0.15, 0.2) is 24.3 Å². The van der Waals surface area contributed by atoms with E-state index in [1.54, 1.807) is 11.3 Å². The molecule has 0 radical (unpaired) electrons. The van der Waals surface area contributed by atoms with Gasteiger partial charge in [0.1, 0.15) is 0 Å². The summed E-state index contributed by atoms with van der Waals surface area (Å²) in [5.41, 5.74) is 4.58. The molecule has 2 heterocycles. The molecule has 1 aliphatic heterocycles. The third kappa shape index (κ3) is 3.93. The van der Waals surface area contributed by atoms with Crippen LogP contribution in [-0.2, 0) is 19.3 Å². The molecule has 0 bridgehead atoms. The Kier molecular flexibility index (Phi) is 5.72. The molecule has 0 N–H and O–H groups in total. The van der Waals surface area contributed by atoms with E-state index >= 15 is 0 Å². The molecule has 3 heteroatoms. The summed E-state index contributed by atoms with van der Waals surface area (Å²) in [7, 11) is 2.28. The number of fused-ring (bicyclic) bond motifs is 1. The zero-order valence-electron chi connectivity index (χ0n) is 15.7. The number of thioether (sulfide) groups is 1. The van der Waals surface area contributed by atoms with Crippen LogP contribution in [0, 0.1) is 0 Å². The smallest absolute Gasteiger partial charge is 0.0483 e. The maximum Gasteiger partial charge on any atom is 0.0483 e. The molecule has 0 spiro atoms. The minimum atomic E-state index is 0.884. The third-order valence-corrected chi connectivity index (χ3v) is 7.57. The average molecular weight is 357 g/mol. The van der Waals surface area contributed by atoms with Gasteiger partial charge in [0.15, 0.2) is 0 Å². The second kappa shape index (κ2) is 8.18. The fourth-order valence-corrected chi connectivity index (χ4v) is 6.08. The standard InChI is InChI=1S/C22H32N2S/c1-23-21-13-7-6-12-19(21)20(16-24-14-8-3-9-15-24)22(23)17-25-18-10-4-2-5-11-18/h6-7,12-13,18H,2-5,8-11,14-17H2,1H3. The monoisotopic (exact) mass is 356 g/mol. The van der Waals surface area contributed by atoms with Gasteiger partial charge in [-0.15, -0.1) is 0 Å². The Labute approximate surface area is 157 Å². The van der Waals surface area contributed by atoms with Crippen LogP contribution in [-0.4, -0.2) is 27.8 Å². The van der Waals surface area contributed by atoms with Gasteiger partial charge in [0, 0.05) is 41.2 Å².